The molecule has 0 unspecified atom stereocenters. The molecule has 0 bridgehead atoms. The number of anilines is 1. The Bertz CT molecular complexity index is 445. The van der Waals surface area contributed by atoms with Crippen molar-refractivity contribution in [2.45, 2.75) is 19.8 Å². The van der Waals surface area contributed by atoms with E-state index in [0.29, 0.717) is 6.54 Å². The van der Waals surface area contributed by atoms with Crippen molar-refractivity contribution < 1.29 is 4.79 Å². The third-order valence-corrected chi connectivity index (χ3v) is 3.62. The first kappa shape index (κ1) is 13.9. The van der Waals surface area contributed by atoms with Crippen LogP contribution in [0, 0.1) is 0 Å². The van der Waals surface area contributed by atoms with Crippen molar-refractivity contribution in [3.63, 3.8) is 0 Å². The Morgan fingerprint density at radius 1 is 1.47 bits per heavy atom. The van der Waals surface area contributed by atoms with Crippen LogP contribution in [0.2, 0.25) is 0 Å². The molecule has 4 heteroatoms. The summed E-state index contributed by atoms with van der Waals surface area (Å²) in [5.41, 5.74) is 3.19. The molecule has 4 nitrogen and oxygen atoms in total. The molecular weight excluding hydrogens is 238 g/mol. The molecule has 0 saturated heterocycles. The van der Waals surface area contributed by atoms with E-state index in [1.54, 1.807) is 0 Å². The summed E-state index contributed by atoms with van der Waals surface area (Å²) in [6.07, 6.45) is 2.20. The van der Waals surface area contributed by atoms with Crippen LogP contribution in [0.15, 0.2) is 18.2 Å². The first-order valence-electron chi connectivity index (χ1n) is 7.04. The van der Waals surface area contributed by atoms with Crippen molar-refractivity contribution in [1.82, 2.24) is 10.2 Å². The Hall–Kier alpha value is -1.55. The van der Waals surface area contributed by atoms with E-state index >= 15 is 0 Å². The van der Waals surface area contributed by atoms with Crippen molar-refractivity contribution in [2.75, 3.05) is 38.5 Å². The zero-order chi connectivity index (χ0) is 13.7. The number of likely N-dealkylation sites (N-methyl/N-ethyl adjacent to an activating group) is 1. The second-order valence-corrected chi connectivity index (χ2v) is 5.05. The molecule has 19 heavy (non-hydrogen) atoms. The molecule has 1 aliphatic heterocycles. The lowest BCUT2D eigenvalue weighted by atomic mass is 10.0. The standard InChI is InChI=1S/C15H23N3O/c1-3-18(2)10-9-17-15(19)13-6-7-14-12(11-13)5-4-8-16-14/h6-7,11,16H,3-5,8-10H2,1-2H3,(H,17,19). The average Bonchev–Trinajstić information content (AvgIpc) is 2.46. The maximum atomic E-state index is 12.1. The van der Waals surface area contributed by atoms with Gasteiger partial charge in [0.05, 0.1) is 0 Å². The SMILES string of the molecule is CCN(C)CCNC(=O)c1ccc2c(c1)CCCN2. The van der Waals surface area contributed by atoms with Crippen LogP contribution in [0.5, 0.6) is 0 Å². The summed E-state index contributed by atoms with van der Waals surface area (Å²) in [4.78, 5) is 14.2. The number of rotatable bonds is 5. The minimum Gasteiger partial charge on any atom is -0.385 e. The zero-order valence-electron chi connectivity index (χ0n) is 11.8. The summed E-state index contributed by atoms with van der Waals surface area (Å²) < 4.78 is 0. The maximum absolute atomic E-state index is 12.1. The maximum Gasteiger partial charge on any atom is 0.251 e. The van der Waals surface area contributed by atoms with Crippen LogP contribution >= 0.6 is 0 Å². The molecule has 0 saturated carbocycles. The number of carbonyl (C=O) groups excluding carboxylic acids is 1. The first-order chi connectivity index (χ1) is 9.20. The van der Waals surface area contributed by atoms with Gasteiger partial charge in [-0.1, -0.05) is 6.92 Å². The minimum atomic E-state index is 0.0258. The van der Waals surface area contributed by atoms with Gasteiger partial charge in [0.1, 0.15) is 0 Å². The largest absolute Gasteiger partial charge is 0.385 e. The number of hydrogen-bond donors (Lipinski definition) is 2. The zero-order valence-corrected chi connectivity index (χ0v) is 11.8. The Balaban J connectivity index is 1.92. The molecule has 2 N–H and O–H groups in total. The van der Waals surface area contributed by atoms with E-state index in [-0.39, 0.29) is 5.91 Å². The summed E-state index contributed by atoms with van der Waals surface area (Å²) in [6.45, 7) is 5.72. The molecule has 0 atom stereocenters. The third-order valence-electron chi connectivity index (χ3n) is 3.62. The van der Waals surface area contributed by atoms with Crippen molar-refractivity contribution in [3.05, 3.63) is 29.3 Å². The van der Waals surface area contributed by atoms with Crippen LogP contribution in [0.4, 0.5) is 5.69 Å². The van der Waals surface area contributed by atoms with E-state index in [0.717, 1.165) is 38.0 Å². The number of hydrogen-bond acceptors (Lipinski definition) is 3. The lowest BCUT2D eigenvalue weighted by Gasteiger charge is -2.19. The molecular formula is C15H23N3O. The van der Waals surface area contributed by atoms with Crippen LogP contribution in [0.3, 0.4) is 0 Å². The Kier molecular flexibility index (Phi) is 4.80. The highest BCUT2D eigenvalue weighted by atomic mass is 16.1. The minimum absolute atomic E-state index is 0.0258. The number of benzene rings is 1. The lowest BCUT2D eigenvalue weighted by molar-refractivity contribution is 0.0950. The monoisotopic (exact) mass is 261 g/mol. The average molecular weight is 261 g/mol. The van der Waals surface area contributed by atoms with Gasteiger partial charge in [0.25, 0.3) is 5.91 Å². The Labute approximate surface area is 115 Å². The summed E-state index contributed by atoms with van der Waals surface area (Å²) in [7, 11) is 2.05. The summed E-state index contributed by atoms with van der Waals surface area (Å²) in [5, 5.41) is 6.33. The van der Waals surface area contributed by atoms with E-state index in [2.05, 4.69) is 29.5 Å². The van der Waals surface area contributed by atoms with Crippen molar-refractivity contribution in [2.24, 2.45) is 0 Å². The van der Waals surface area contributed by atoms with Crippen LogP contribution in [0.25, 0.3) is 0 Å². The fourth-order valence-corrected chi connectivity index (χ4v) is 2.24. The van der Waals surface area contributed by atoms with Crippen LogP contribution in [0.1, 0.15) is 29.3 Å². The number of nitrogens with one attached hydrogen (secondary N) is 2. The molecule has 0 radical (unpaired) electrons. The predicted molar refractivity (Wildman–Crippen MR) is 78.8 cm³/mol. The van der Waals surface area contributed by atoms with Gasteiger partial charge in [0.15, 0.2) is 0 Å². The summed E-state index contributed by atoms with van der Waals surface area (Å²) in [5.74, 6) is 0.0258. The summed E-state index contributed by atoms with van der Waals surface area (Å²) in [6, 6.07) is 5.93. The molecule has 0 aliphatic carbocycles. The van der Waals surface area contributed by atoms with Crippen molar-refractivity contribution in [1.29, 1.82) is 0 Å². The highest BCUT2D eigenvalue weighted by Gasteiger charge is 2.12. The predicted octanol–water partition coefficient (Wildman–Crippen LogP) is 1.73. The molecule has 0 spiro atoms. The van der Waals surface area contributed by atoms with Gasteiger partial charge in [0.2, 0.25) is 0 Å². The van der Waals surface area contributed by atoms with E-state index < -0.39 is 0 Å². The van der Waals surface area contributed by atoms with Crippen LogP contribution < -0.4 is 10.6 Å². The molecule has 2 rings (SSSR count). The highest BCUT2D eigenvalue weighted by molar-refractivity contribution is 5.94. The number of aryl methyl sites for hydroxylation is 1. The molecule has 0 aromatic heterocycles. The van der Waals surface area contributed by atoms with E-state index in [9.17, 15) is 4.79 Å². The number of carbonyl (C=O) groups is 1. The van der Waals surface area contributed by atoms with Gasteiger partial charge >= 0.3 is 0 Å². The van der Waals surface area contributed by atoms with Gasteiger partial charge in [-0.3, -0.25) is 4.79 Å². The molecule has 1 amide bonds. The van der Waals surface area contributed by atoms with Gasteiger partial charge in [-0.05, 0) is 50.2 Å². The fourth-order valence-electron chi connectivity index (χ4n) is 2.24. The first-order valence-corrected chi connectivity index (χ1v) is 7.04. The van der Waals surface area contributed by atoms with Crippen LogP contribution in [-0.2, 0) is 6.42 Å². The molecule has 104 valence electrons. The molecule has 1 heterocycles. The molecule has 0 fully saturated rings. The van der Waals surface area contributed by atoms with Gasteiger partial charge in [-0.2, -0.15) is 0 Å². The normalized spacial score (nSPS) is 13.8. The Morgan fingerprint density at radius 3 is 3.11 bits per heavy atom. The van der Waals surface area contributed by atoms with E-state index in [1.807, 2.05) is 18.2 Å². The van der Waals surface area contributed by atoms with E-state index in [4.69, 9.17) is 0 Å². The van der Waals surface area contributed by atoms with Gasteiger partial charge in [0, 0.05) is 30.9 Å². The topological polar surface area (TPSA) is 44.4 Å². The quantitative estimate of drug-likeness (QED) is 0.848. The van der Waals surface area contributed by atoms with Gasteiger partial charge < -0.3 is 15.5 Å². The second-order valence-electron chi connectivity index (χ2n) is 5.05. The van der Waals surface area contributed by atoms with Gasteiger partial charge in [-0.25, -0.2) is 0 Å². The smallest absolute Gasteiger partial charge is 0.251 e. The van der Waals surface area contributed by atoms with E-state index in [1.165, 1.54) is 11.3 Å². The number of nitrogens with zero attached hydrogens (tertiary/aromatic N) is 1. The molecule has 1 aromatic carbocycles. The Morgan fingerprint density at radius 2 is 2.32 bits per heavy atom. The highest BCUT2D eigenvalue weighted by Crippen LogP contribution is 2.22. The molecule has 1 aromatic rings. The number of fused-ring (bicyclic) bond motifs is 1. The fraction of sp³-hybridized carbons (Fsp3) is 0.533. The number of amides is 1. The van der Waals surface area contributed by atoms with Gasteiger partial charge in [-0.15, -0.1) is 0 Å². The third kappa shape index (κ3) is 3.70. The second kappa shape index (κ2) is 6.57. The molecule has 1 aliphatic rings. The van der Waals surface area contributed by atoms with Crippen molar-refractivity contribution in [3.8, 4) is 0 Å². The van der Waals surface area contributed by atoms with Crippen molar-refractivity contribution >= 4 is 11.6 Å². The summed E-state index contributed by atoms with van der Waals surface area (Å²) >= 11 is 0. The lowest BCUT2D eigenvalue weighted by Crippen LogP contribution is -2.33. The van der Waals surface area contributed by atoms with Crippen LogP contribution in [-0.4, -0.2) is 44.0 Å².